The van der Waals surface area contributed by atoms with E-state index >= 15 is 0 Å². The summed E-state index contributed by atoms with van der Waals surface area (Å²) in [5.74, 6) is -2.76. The highest BCUT2D eigenvalue weighted by Crippen LogP contribution is 2.26. The average Bonchev–Trinajstić information content (AvgIpc) is 3.21. The first-order chi connectivity index (χ1) is 11.3. The van der Waals surface area contributed by atoms with Crippen LogP contribution in [0.5, 0.6) is 0 Å². The van der Waals surface area contributed by atoms with E-state index < -0.39 is 29.8 Å². The number of likely N-dealkylation sites (tertiary alicyclic amines) is 1. The zero-order chi connectivity index (χ0) is 17.3. The highest BCUT2D eigenvalue weighted by Gasteiger charge is 2.37. The lowest BCUT2D eigenvalue weighted by Crippen LogP contribution is -2.28. The molecule has 0 aromatic carbocycles. The predicted molar refractivity (Wildman–Crippen MR) is 72.2 cm³/mol. The number of hydrogen-bond acceptors (Lipinski definition) is 5. The van der Waals surface area contributed by atoms with Gasteiger partial charge in [-0.25, -0.2) is 0 Å². The minimum Gasteiger partial charge on any atom is -0.467 e. The number of alkyl halides is 3. The fraction of sp³-hybridized carbons (Fsp3) is 0.385. The van der Waals surface area contributed by atoms with Gasteiger partial charge in [0.2, 0.25) is 23.6 Å². The Morgan fingerprint density at radius 3 is 2.92 bits per heavy atom. The number of aromatic amines is 1. The van der Waals surface area contributed by atoms with Crippen LogP contribution in [0.15, 0.2) is 22.8 Å². The van der Waals surface area contributed by atoms with Crippen molar-refractivity contribution >= 4 is 17.8 Å². The van der Waals surface area contributed by atoms with Crippen molar-refractivity contribution in [3.8, 4) is 0 Å². The van der Waals surface area contributed by atoms with Crippen molar-refractivity contribution in [1.82, 2.24) is 20.1 Å². The average molecular weight is 343 g/mol. The molecule has 2 aromatic heterocycles. The van der Waals surface area contributed by atoms with E-state index in [0.717, 1.165) is 0 Å². The molecule has 0 spiro atoms. The second-order valence-corrected chi connectivity index (χ2v) is 5.25. The first-order valence-corrected chi connectivity index (χ1v) is 6.93. The second kappa shape index (κ2) is 5.98. The number of carbonyl (C=O) groups excluding carboxylic acids is 2. The number of halogens is 3. The first kappa shape index (κ1) is 16.0. The lowest BCUT2D eigenvalue weighted by molar-refractivity contribution is -0.144. The van der Waals surface area contributed by atoms with Crippen molar-refractivity contribution in [3.63, 3.8) is 0 Å². The molecule has 2 amide bonds. The van der Waals surface area contributed by atoms with Gasteiger partial charge in [-0.3, -0.25) is 20.0 Å². The van der Waals surface area contributed by atoms with Crippen LogP contribution in [-0.2, 0) is 22.3 Å². The summed E-state index contributed by atoms with van der Waals surface area (Å²) in [6, 6.07) is 3.38. The topological polar surface area (TPSA) is 104 Å². The molecule has 1 atom stereocenters. The van der Waals surface area contributed by atoms with Crippen molar-refractivity contribution < 1.29 is 27.2 Å². The van der Waals surface area contributed by atoms with E-state index in [1.54, 1.807) is 17.2 Å². The molecule has 3 heterocycles. The highest BCUT2D eigenvalue weighted by molar-refractivity contribution is 5.96. The molecule has 1 aliphatic rings. The van der Waals surface area contributed by atoms with Crippen molar-refractivity contribution in [3.05, 3.63) is 30.0 Å². The highest BCUT2D eigenvalue weighted by atomic mass is 19.4. The summed E-state index contributed by atoms with van der Waals surface area (Å²) in [6.45, 7) is 0.371. The maximum absolute atomic E-state index is 12.4. The van der Waals surface area contributed by atoms with Crippen molar-refractivity contribution in [2.75, 3.05) is 11.9 Å². The van der Waals surface area contributed by atoms with Gasteiger partial charge < -0.3 is 9.32 Å². The Hall–Kier alpha value is -2.85. The fourth-order valence-electron chi connectivity index (χ4n) is 2.35. The molecular formula is C13H12F3N5O3. The number of aromatic nitrogens is 3. The van der Waals surface area contributed by atoms with E-state index in [4.69, 9.17) is 4.42 Å². The zero-order valence-corrected chi connectivity index (χ0v) is 12.1. The summed E-state index contributed by atoms with van der Waals surface area (Å²) in [5, 5.41) is 7.17. The third-order valence-electron chi connectivity index (χ3n) is 3.50. The van der Waals surface area contributed by atoms with Gasteiger partial charge in [-0.05, 0) is 12.1 Å². The molecule has 1 fully saturated rings. The number of carbonyl (C=O) groups is 2. The van der Waals surface area contributed by atoms with Crippen molar-refractivity contribution in [2.45, 2.75) is 19.1 Å². The van der Waals surface area contributed by atoms with Crippen LogP contribution in [0.4, 0.5) is 19.1 Å². The normalized spacial score (nSPS) is 18.2. The molecule has 0 saturated carbocycles. The SMILES string of the molecule is O=C(Nc1n[nH]c(C(F)(F)F)n1)[C@H]1CC(=O)N(Cc2ccco2)C1. The lowest BCUT2D eigenvalue weighted by Gasteiger charge is -2.14. The van der Waals surface area contributed by atoms with Gasteiger partial charge in [0.05, 0.1) is 18.7 Å². The predicted octanol–water partition coefficient (Wildman–Crippen LogP) is 1.40. The molecule has 0 bridgehead atoms. The van der Waals surface area contributed by atoms with Gasteiger partial charge in [-0.1, -0.05) is 0 Å². The van der Waals surface area contributed by atoms with Crippen LogP contribution < -0.4 is 5.32 Å². The first-order valence-electron chi connectivity index (χ1n) is 6.93. The van der Waals surface area contributed by atoms with Crippen LogP contribution >= 0.6 is 0 Å². The molecule has 24 heavy (non-hydrogen) atoms. The van der Waals surface area contributed by atoms with Gasteiger partial charge in [0.15, 0.2) is 0 Å². The molecule has 8 nitrogen and oxygen atoms in total. The Labute approximate surface area is 133 Å². The third kappa shape index (κ3) is 3.39. The largest absolute Gasteiger partial charge is 0.467 e. The molecule has 2 N–H and O–H groups in total. The van der Waals surface area contributed by atoms with Crippen LogP contribution in [0.25, 0.3) is 0 Å². The van der Waals surface area contributed by atoms with Crippen LogP contribution in [0, 0.1) is 5.92 Å². The Morgan fingerprint density at radius 1 is 1.50 bits per heavy atom. The molecule has 1 aliphatic heterocycles. The Bertz CT molecular complexity index is 740. The number of furan rings is 1. The van der Waals surface area contributed by atoms with Gasteiger partial charge >= 0.3 is 6.18 Å². The summed E-state index contributed by atoms with van der Waals surface area (Å²) < 4.78 is 42.4. The van der Waals surface area contributed by atoms with Gasteiger partial charge in [0.25, 0.3) is 0 Å². The van der Waals surface area contributed by atoms with Crippen LogP contribution in [-0.4, -0.2) is 38.4 Å². The molecule has 11 heteroatoms. The number of anilines is 1. The molecule has 0 unspecified atom stereocenters. The lowest BCUT2D eigenvalue weighted by atomic mass is 10.1. The molecule has 1 saturated heterocycles. The van der Waals surface area contributed by atoms with Gasteiger partial charge in [0, 0.05) is 13.0 Å². The number of rotatable bonds is 4. The van der Waals surface area contributed by atoms with E-state index in [2.05, 4.69) is 15.4 Å². The quantitative estimate of drug-likeness (QED) is 0.873. The van der Waals surface area contributed by atoms with E-state index in [9.17, 15) is 22.8 Å². The van der Waals surface area contributed by atoms with E-state index in [-0.39, 0.29) is 25.4 Å². The number of amides is 2. The summed E-state index contributed by atoms with van der Waals surface area (Å²) >= 11 is 0. The number of H-pyrrole nitrogens is 1. The zero-order valence-electron chi connectivity index (χ0n) is 12.1. The van der Waals surface area contributed by atoms with Gasteiger partial charge in [-0.15, -0.1) is 5.10 Å². The molecule has 128 valence electrons. The van der Waals surface area contributed by atoms with Gasteiger partial charge in [0.1, 0.15) is 5.76 Å². The monoisotopic (exact) mass is 343 g/mol. The Kier molecular flexibility index (Phi) is 3.99. The maximum atomic E-state index is 12.4. The smallest absolute Gasteiger partial charge is 0.451 e. The molecule has 0 aliphatic carbocycles. The maximum Gasteiger partial charge on any atom is 0.451 e. The third-order valence-corrected chi connectivity index (χ3v) is 3.50. The molecule has 0 radical (unpaired) electrons. The minimum atomic E-state index is -4.68. The Morgan fingerprint density at radius 2 is 2.29 bits per heavy atom. The molecule has 2 aromatic rings. The molecule has 3 rings (SSSR count). The number of hydrogen-bond donors (Lipinski definition) is 2. The van der Waals surface area contributed by atoms with Crippen LogP contribution in [0.3, 0.4) is 0 Å². The van der Waals surface area contributed by atoms with Crippen LogP contribution in [0.1, 0.15) is 18.0 Å². The van der Waals surface area contributed by atoms with E-state index in [0.29, 0.717) is 5.76 Å². The summed E-state index contributed by atoms with van der Waals surface area (Å²) in [4.78, 5) is 28.6. The fourth-order valence-corrected chi connectivity index (χ4v) is 2.35. The molecular weight excluding hydrogens is 331 g/mol. The van der Waals surface area contributed by atoms with Crippen molar-refractivity contribution in [2.24, 2.45) is 5.92 Å². The summed E-state index contributed by atoms with van der Waals surface area (Å²) in [7, 11) is 0. The Balaban J connectivity index is 1.60. The van der Waals surface area contributed by atoms with Crippen molar-refractivity contribution in [1.29, 1.82) is 0 Å². The standard InChI is InChI=1S/C13H12F3N5O3/c14-13(15,16)11-18-12(20-19-11)17-10(23)7-4-9(22)21(5-7)6-8-2-1-3-24-8/h1-3,7H,4-6H2,(H2,17,18,19,20,23)/t7-/m0/s1. The summed E-state index contributed by atoms with van der Waals surface area (Å²) in [6.07, 6.45) is -3.25. The van der Waals surface area contributed by atoms with E-state index in [1.165, 1.54) is 11.2 Å². The van der Waals surface area contributed by atoms with Gasteiger partial charge in [-0.2, -0.15) is 18.2 Å². The van der Waals surface area contributed by atoms with Crippen LogP contribution in [0.2, 0.25) is 0 Å². The minimum absolute atomic E-state index is 0.0386. The second-order valence-electron chi connectivity index (χ2n) is 5.25. The number of nitrogens with one attached hydrogen (secondary N) is 2. The summed E-state index contributed by atoms with van der Waals surface area (Å²) in [5.41, 5.74) is 0. The number of nitrogens with zero attached hydrogens (tertiary/aromatic N) is 3. The van der Waals surface area contributed by atoms with E-state index in [1.807, 2.05) is 0 Å².